The molecule has 1 heterocycles. The highest BCUT2D eigenvalue weighted by Crippen LogP contribution is 2.33. The van der Waals surface area contributed by atoms with Gasteiger partial charge in [0.15, 0.2) is 6.10 Å². The van der Waals surface area contributed by atoms with E-state index >= 15 is 0 Å². The summed E-state index contributed by atoms with van der Waals surface area (Å²) >= 11 is 0. The van der Waals surface area contributed by atoms with Gasteiger partial charge in [-0.2, -0.15) is 0 Å². The molecule has 0 saturated heterocycles. The van der Waals surface area contributed by atoms with Gasteiger partial charge in [0.25, 0.3) is 5.91 Å². The number of hydrogen-bond donors (Lipinski definition) is 2. The fourth-order valence-corrected chi connectivity index (χ4v) is 3.29. The Hall–Kier alpha value is -3.60. The number of rotatable bonds is 4. The van der Waals surface area contributed by atoms with Gasteiger partial charge in [-0.05, 0) is 36.2 Å². The maximum absolute atomic E-state index is 13.2. The highest BCUT2D eigenvalue weighted by atomic mass is 16.5. The molecule has 0 saturated carbocycles. The molecule has 2 N–H and O–H groups in total. The lowest BCUT2D eigenvalue weighted by molar-refractivity contribution is -0.122. The molecular weight excluding hydrogens is 352 g/mol. The summed E-state index contributed by atoms with van der Waals surface area (Å²) in [6.45, 7) is 1.69. The van der Waals surface area contributed by atoms with Crippen molar-refractivity contribution in [1.82, 2.24) is 0 Å². The van der Waals surface area contributed by atoms with E-state index in [0.29, 0.717) is 17.1 Å². The number of nitrogens with one attached hydrogen (secondary N) is 2. The molecule has 3 aromatic rings. The van der Waals surface area contributed by atoms with Crippen LogP contribution in [0.2, 0.25) is 0 Å². The second kappa shape index (κ2) is 7.56. The molecule has 4 rings (SSSR count). The Labute approximate surface area is 163 Å². The number of carbonyl (C=O) groups is 2. The summed E-state index contributed by atoms with van der Waals surface area (Å²) in [5, 5.41) is 5.77. The highest BCUT2D eigenvalue weighted by Gasteiger charge is 2.25. The van der Waals surface area contributed by atoms with Crippen LogP contribution in [0.15, 0.2) is 78.9 Å². The predicted molar refractivity (Wildman–Crippen MR) is 109 cm³/mol. The van der Waals surface area contributed by atoms with Crippen molar-refractivity contribution in [3.63, 3.8) is 0 Å². The summed E-state index contributed by atoms with van der Waals surface area (Å²) in [6.07, 6.45) is -0.534. The van der Waals surface area contributed by atoms with Gasteiger partial charge in [0.1, 0.15) is 5.75 Å². The molecule has 1 aliphatic rings. The van der Waals surface area contributed by atoms with Crippen LogP contribution in [0.4, 0.5) is 11.4 Å². The fourth-order valence-electron chi connectivity index (χ4n) is 3.29. The molecule has 5 nitrogen and oxygen atoms in total. The SMILES string of the molecule is C[C@H]1Oc2ccc(NC(=O)C(c3ccccc3)c3ccccc3)cc2NC1=O. The first-order valence-electron chi connectivity index (χ1n) is 9.14. The second-order valence-corrected chi connectivity index (χ2v) is 6.70. The number of amides is 2. The van der Waals surface area contributed by atoms with E-state index in [0.717, 1.165) is 11.1 Å². The Balaban J connectivity index is 1.62. The van der Waals surface area contributed by atoms with E-state index in [2.05, 4.69) is 10.6 Å². The third kappa shape index (κ3) is 3.60. The van der Waals surface area contributed by atoms with Crippen LogP contribution >= 0.6 is 0 Å². The van der Waals surface area contributed by atoms with E-state index in [-0.39, 0.29) is 11.8 Å². The first-order valence-corrected chi connectivity index (χ1v) is 9.14. The Morgan fingerprint density at radius 3 is 2.18 bits per heavy atom. The van der Waals surface area contributed by atoms with Crippen LogP contribution in [0.5, 0.6) is 5.75 Å². The number of carbonyl (C=O) groups excluding carboxylic acids is 2. The van der Waals surface area contributed by atoms with Crippen molar-refractivity contribution in [2.75, 3.05) is 10.6 Å². The molecule has 0 aromatic heterocycles. The standard InChI is InChI=1S/C23H20N2O3/c1-15-22(26)25-19-14-18(12-13-20(19)28-15)24-23(27)21(16-8-4-2-5-9-16)17-10-6-3-7-11-17/h2-15,21H,1H3,(H,24,27)(H,25,26)/t15-/m1/s1. The van der Waals surface area contributed by atoms with Crippen LogP contribution in [0, 0.1) is 0 Å². The van der Waals surface area contributed by atoms with E-state index in [1.165, 1.54) is 0 Å². The van der Waals surface area contributed by atoms with Crippen LogP contribution in [0.3, 0.4) is 0 Å². The molecule has 1 atom stereocenters. The van der Waals surface area contributed by atoms with Gasteiger partial charge in [-0.15, -0.1) is 0 Å². The van der Waals surface area contributed by atoms with Gasteiger partial charge in [0.2, 0.25) is 5.91 Å². The quantitative estimate of drug-likeness (QED) is 0.722. The Bertz CT molecular complexity index is 963. The van der Waals surface area contributed by atoms with Crippen LogP contribution < -0.4 is 15.4 Å². The third-order valence-corrected chi connectivity index (χ3v) is 4.71. The summed E-state index contributed by atoms with van der Waals surface area (Å²) in [4.78, 5) is 25.0. The summed E-state index contributed by atoms with van der Waals surface area (Å²) in [6, 6.07) is 24.6. The fraction of sp³-hybridized carbons (Fsp3) is 0.130. The smallest absolute Gasteiger partial charge is 0.265 e. The molecule has 140 valence electrons. The summed E-state index contributed by atoms with van der Waals surface area (Å²) < 4.78 is 5.57. The zero-order valence-corrected chi connectivity index (χ0v) is 15.4. The summed E-state index contributed by atoms with van der Waals surface area (Å²) in [5.74, 6) is -0.201. The molecule has 0 aliphatic carbocycles. The monoisotopic (exact) mass is 372 g/mol. The molecule has 5 heteroatoms. The van der Waals surface area contributed by atoms with Gasteiger partial charge < -0.3 is 15.4 Å². The van der Waals surface area contributed by atoms with E-state index in [1.54, 1.807) is 25.1 Å². The average molecular weight is 372 g/mol. The van der Waals surface area contributed by atoms with Crippen LogP contribution in [0.25, 0.3) is 0 Å². The minimum atomic E-state index is -0.534. The van der Waals surface area contributed by atoms with Gasteiger partial charge in [-0.3, -0.25) is 9.59 Å². The Kier molecular flexibility index (Phi) is 4.81. The third-order valence-electron chi connectivity index (χ3n) is 4.71. The largest absolute Gasteiger partial charge is 0.479 e. The van der Waals surface area contributed by atoms with Gasteiger partial charge in [-0.1, -0.05) is 60.7 Å². The maximum atomic E-state index is 13.2. The van der Waals surface area contributed by atoms with Crippen molar-refractivity contribution in [2.24, 2.45) is 0 Å². The number of anilines is 2. The minimum Gasteiger partial charge on any atom is -0.479 e. The van der Waals surface area contributed by atoms with Crippen LogP contribution in [-0.4, -0.2) is 17.9 Å². The highest BCUT2D eigenvalue weighted by molar-refractivity contribution is 6.01. The van der Waals surface area contributed by atoms with E-state index in [9.17, 15) is 9.59 Å². The molecule has 0 bridgehead atoms. The number of ether oxygens (including phenoxy) is 1. The lowest BCUT2D eigenvalue weighted by Gasteiger charge is -2.24. The first-order chi connectivity index (χ1) is 13.6. The van der Waals surface area contributed by atoms with Gasteiger partial charge >= 0.3 is 0 Å². The first kappa shape index (κ1) is 17.8. The van der Waals surface area contributed by atoms with Crippen LogP contribution in [0.1, 0.15) is 24.0 Å². The predicted octanol–water partition coefficient (Wildman–Crippen LogP) is 4.18. The Morgan fingerprint density at radius 1 is 0.964 bits per heavy atom. The van der Waals surface area contributed by atoms with Crippen molar-refractivity contribution >= 4 is 23.2 Å². The Morgan fingerprint density at radius 2 is 1.57 bits per heavy atom. The number of fused-ring (bicyclic) bond motifs is 1. The minimum absolute atomic E-state index is 0.145. The summed E-state index contributed by atoms with van der Waals surface area (Å²) in [7, 11) is 0. The van der Waals surface area contributed by atoms with Crippen molar-refractivity contribution < 1.29 is 14.3 Å². The lowest BCUT2D eigenvalue weighted by atomic mass is 9.90. The zero-order valence-electron chi connectivity index (χ0n) is 15.4. The average Bonchev–Trinajstić information content (AvgIpc) is 2.71. The van der Waals surface area contributed by atoms with Crippen molar-refractivity contribution in [1.29, 1.82) is 0 Å². The molecule has 28 heavy (non-hydrogen) atoms. The molecule has 0 unspecified atom stereocenters. The molecule has 0 radical (unpaired) electrons. The van der Waals surface area contributed by atoms with E-state index in [1.807, 2.05) is 60.7 Å². The molecule has 0 spiro atoms. The van der Waals surface area contributed by atoms with Crippen molar-refractivity contribution in [3.8, 4) is 5.75 Å². The van der Waals surface area contributed by atoms with E-state index < -0.39 is 12.0 Å². The maximum Gasteiger partial charge on any atom is 0.265 e. The zero-order chi connectivity index (χ0) is 19.5. The molecule has 3 aromatic carbocycles. The second-order valence-electron chi connectivity index (χ2n) is 6.70. The molecule has 2 amide bonds. The molecule has 0 fully saturated rings. The number of benzene rings is 3. The van der Waals surface area contributed by atoms with E-state index in [4.69, 9.17) is 4.74 Å². The molecule has 1 aliphatic heterocycles. The number of hydrogen-bond acceptors (Lipinski definition) is 3. The molecular formula is C23H20N2O3. The van der Waals surface area contributed by atoms with Crippen LogP contribution in [-0.2, 0) is 9.59 Å². The normalized spacial score (nSPS) is 15.4. The van der Waals surface area contributed by atoms with Crippen molar-refractivity contribution in [2.45, 2.75) is 18.9 Å². The van der Waals surface area contributed by atoms with Gasteiger partial charge in [0, 0.05) is 5.69 Å². The lowest BCUT2D eigenvalue weighted by Crippen LogP contribution is -2.34. The van der Waals surface area contributed by atoms with Crippen molar-refractivity contribution in [3.05, 3.63) is 90.0 Å². The van der Waals surface area contributed by atoms with Gasteiger partial charge in [0.05, 0.1) is 11.6 Å². The van der Waals surface area contributed by atoms with Gasteiger partial charge in [-0.25, -0.2) is 0 Å². The topological polar surface area (TPSA) is 67.4 Å². The summed E-state index contributed by atoms with van der Waals surface area (Å²) in [5.41, 5.74) is 2.97.